The highest BCUT2D eigenvalue weighted by Crippen LogP contribution is 2.36. The van der Waals surface area contributed by atoms with Crippen molar-refractivity contribution in [1.82, 2.24) is 0 Å². The first kappa shape index (κ1) is 20.6. The van der Waals surface area contributed by atoms with Crippen LogP contribution in [0.5, 0.6) is 0 Å². The summed E-state index contributed by atoms with van der Waals surface area (Å²) in [5.41, 5.74) is 3.01. The predicted octanol–water partition coefficient (Wildman–Crippen LogP) is 7.45. The van der Waals surface area contributed by atoms with Gasteiger partial charge in [0, 0.05) is 0 Å². The summed E-state index contributed by atoms with van der Waals surface area (Å²) in [6.07, 6.45) is 19.8. The molecule has 2 atom stereocenters. The van der Waals surface area contributed by atoms with Gasteiger partial charge in [-0.2, -0.15) is 0 Å². The Hall–Kier alpha value is -1.08. The standard InChI is InChI=1S/C26H40O/c1-3-5-6-7-23-13-19-26(27-20-23)18-12-22-10-16-25(17-11-22)24-14-8-21(4-2)9-15-24/h8-9,12,14-15,18,22-23,25-26H,3-7,10-11,13,16-17,19-20H2,1-2H3. The Balaban J connectivity index is 1.36. The van der Waals surface area contributed by atoms with Crippen molar-refractivity contribution >= 4 is 0 Å². The van der Waals surface area contributed by atoms with Gasteiger partial charge in [-0.05, 0) is 80.2 Å². The predicted molar refractivity (Wildman–Crippen MR) is 116 cm³/mol. The quantitative estimate of drug-likeness (QED) is 0.342. The molecule has 0 radical (unpaired) electrons. The minimum atomic E-state index is 0.381. The van der Waals surface area contributed by atoms with Gasteiger partial charge in [0.2, 0.25) is 0 Å². The second-order valence-corrected chi connectivity index (χ2v) is 8.90. The molecule has 1 nitrogen and oxygen atoms in total. The molecular weight excluding hydrogens is 328 g/mol. The van der Waals surface area contributed by atoms with E-state index < -0.39 is 0 Å². The highest BCUT2D eigenvalue weighted by atomic mass is 16.5. The maximum absolute atomic E-state index is 6.14. The Morgan fingerprint density at radius 1 is 0.889 bits per heavy atom. The van der Waals surface area contributed by atoms with Gasteiger partial charge in [-0.25, -0.2) is 0 Å². The first-order valence-electron chi connectivity index (χ1n) is 11.7. The lowest BCUT2D eigenvalue weighted by atomic mass is 9.78. The summed E-state index contributed by atoms with van der Waals surface area (Å²) in [6, 6.07) is 9.37. The lowest BCUT2D eigenvalue weighted by Crippen LogP contribution is -2.24. The molecule has 1 aliphatic heterocycles. The monoisotopic (exact) mass is 368 g/mol. The van der Waals surface area contributed by atoms with Crippen molar-refractivity contribution in [2.45, 2.75) is 96.5 Å². The van der Waals surface area contributed by atoms with Crippen LogP contribution in [-0.2, 0) is 11.2 Å². The van der Waals surface area contributed by atoms with E-state index in [1.165, 1.54) is 69.8 Å². The SMILES string of the molecule is CCCCCC1CCC(C=CC2CCC(c3ccc(CC)cc3)CC2)OC1. The highest BCUT2D eigenvalue weighted by Gasteiger charge is 2.22. The Morgan fingerprint density at radius 3 is 2.30 bits per heavy atom. The molecule has 1 saturated carbocycles. The average molecular weight is 369 g/mol. The van der Waals surface area contributed by atoms with Crippen molar-refractivity contribution in [1.29, 1.82) is 0 Å². The molecule has 2 aliphatic rings. The zero-order chi connectivity index (χ0) is 18.9. The number of allylic oxidation sites excluding steroid dienone is 1. The minimum absolute atomic E-state index is 0.381. The first-order valence-corrected chi connectivity index (χ1v) is 11.7. The van der Waals surface area contributed by atoms with Crippen LogP contribution in [0.3, 0.4) is 0 Å². The van der Waals surface area contributed by atoms with E-state index in [1.54, 1.807) is 5.56 Å². The summed E-state index contributed by atoms with van der Waals surface area (Å²) in [4.78, 5) is 0. The average Bonchev–Trinajstić information content (AvgIpc) is 2.74. The van der Waals surface area contributed by atoms with E-state index in [4.69, 9.17) is 4.74 Å². The van der Waals surface area contributed by atoms with Crippen LogP contribution in [0.25, 0.3) is 0 Å². The molecule has 2 unspecified atom stereocenters. The molecule has 1 aromatic rings. The summed E-state index contributed by atoms with van der Waals surface area (Å²) in [7, 11) is 0. The highest BCUT2D eigenvalue weighted by molar-refractivity contribution is 5.25. The number of hydrogen-bond donors (Lipinski definition) is 0. The molecule has 3 rings (SSSR count). The third-order valence-corrected chi connectivity index (χ3v) is 6.85. The van der Waals surface area contributed by atoms with E-state index in [0.717, 1.165) is 30.8 Å². The molecule has 1 heteroatoms. The lowest BCUT2D eigenvalue weighted by molar-refractivity contribution is 0.00756. The van der Waals surface area contributed by atoms with Crippen LogP contribution in [0, 0.1) is 11.8 Å². The molecule has 150 valence electrons. The Morgan fingerprint density at radius 2 is 1.67 bits per heavy atom. The van der Waals surface area contributed by atoms with Gasteiger partial charge in [-0.1, -0.05) is 69.5 Å². The van der Waals surface area contributed by atoms with E-state index >= 15 is 0 Å². The fourth-order valence-electron chi connectivity index (χ4n) is 4.84. The van der Waals surface area contributed by atoms with Gasteiger partial charge in [-0.3, -0.25) is 0 Å². The van der Waals surface area contributed by atoms with Crippen LogP contribution in [0.15, 0.2) is 36.4 Å². The molecule has 1 aliphatic carbocycles. The largest absolute Gasteiger partial charge is 0.374 e. The molecule has 0 N–H and O–H groups in total. The zero-order valence-electron chi connectivity index (χ0n) is 17.7. The molecule has 0 spiro atoms. The summed E-state index contributed by atoms with van der Waals surface area (Å²) in [5, 5.41) is 0. The molecular formula is C26H40O. The van der Waals surface area contributed by atoms with Gasteiger partial charge in [0.25, 0.3) is 0 Å². The molecule has 1 heterocycles. The number of hydrogen-bond acceptors (Lipinski definition) is 1. The number of benzene rings is 1. The van der Waals surface area contributed by atoms with E-state index in [0.29, 0.717) is 6.10 Å². The van der Waals surface area contributed by atoms with Gasteiger partial charge in [0.15, 0.2) is 0 Å². The Labute approximate surface area is 167 Å². The fraction of sp³-hybridized carbons (Fsp3) is 0.692. The van der Waals surface area contributed by atoms with E-state index in [1.807, 2.05) is 0 Å². The second-order valence-electron chi connectivity index (χ2n) is 8.90. The van der Waals surface area contributed by atoms with Gasteiger partial charge >= 0.3 is 0 Å². The van der Waals surface area contributed by atoms with Crippen molar-refractivity contribution < 1.29 is 4.74 Å². The fourth-order valence-corrected chi connectivity index (χ4v) is 4.84. The Bertz CT molecular complexity index is 542. The molecule has 1 aromatic carbocycles. The molecule has 27 heavy (non-hydrogen) atoms. The topological polar surface area (TPSA) is 9.23 Å². The van der Waals surface area contributed by atoms with Crippen molar-refractivity contribution in [3.05, 3.63) is 47.5 Å². The minimum Gasteiger partial charge on any atom is -0.374 e. The van der Waals surface area contributed by atoms with Crippen LogP contribution in [0.2, 0.25) is 0 Å². The van der Waals surface area contributed by atoms with Gasteiger partial charge < -0.3 is 4.74 Å². The van der Waals surface area contributed by atoms with Gasteiger partial charge in [-0.15, -0.1) is 0 Å². The van der Waals surface area contributed by atoms with Gasteiger partial charge in [0.1, 0.15) is 0 Å². The van der Waals surface area contributed by atoms with Crippen LogP contribution >= 0.6 is 0 Å². The van der Waals surface area contributed by atoms with Crippen molar-refractivity contribution in [2.24, 2.45) is 11.8 Å². The van der Waals surface area contributed by atoms with Crippen molar-refractivity contribution in [3.8, 4) is 0 Å². The Kier molecular flexibility index (Phi) is 8.45. The second kappa shape index (κ2) is 11.1. The zero-order valence-corrected chi connectivity index (χ0v) is 17.7. The lowest BCUT2D eigenvalue weighted by Gasteiger charge is -2.29. The molecule has 1 saturated heterocycles. The maximum atomic E-state index is 6.14. The first-order chi connectivity index (χ1) is 13.3. The van der Waals surface area contributed by atoms with E-state index in [9.17, 15) is 0 Å². The molecule has 2 fully saturated rings. The summed E-state index contributed by atoms with van der Waals surface area (Å²) >= 11 is 0. The van der Waals surface area contributed by atoms with Crippen LogP contribution < -0.4 is 0 Å². The number of aryl methyl sites for hydroxylation is 1. The van der Waals surface area contributed by atoms with Crippen LogP contribution in [-0.4, -0.2) is 12.7 Å². The third-order valence-electron chi connectivity index (χ3n) is 6.85. The number of ether oxygens (including phenoxy) is 1. The van der Waals surface area contributed by atoms with Gasteiger partial charge in [0.05, 0.1) is 12.7 Å². The molecule has 0 amide bonds. The van der Waals surface area contributed by atoms with Crippen molar-refractivity contribution in [3.63, 3.8) is 0 Å². The molecule has 0 aromatic heterocycles. The summed E-state index contributed by atoms with van der Waals surface area (Å²) < 4.78 is 6.14. The number of rotatable bonds is 8. The molecule has 0 bridgehead atoms. The van der Waals surface area contributed by atoms with Crippen LogP contribution in [0.1, 0.15) is 95.1 Å². The number of unbranched alkanes of at least 4 members (excludes halogenated alkanes) is 2. The normalized spacial score (nSPS) is 29.3. The smallest absolute Gasteiger partial charge is 0.0756 e. The maximum Gasteiger partial charge on any atom is 0.0756 e. The summed E-state index contributed by atoms with van der Waals surface area (Å²) in [6.45, 7) is 5.50. The van der Waals surface area contributed by atoms with E-state index in [2.05, 4.69) is 50.3 Å². The van der Waals surface area contributed by atoms with Crippen LogP contribution in [0.4, 0.5) is 0 Å². The van der Waals surface area contributed by atoms with Crippen molar-refractivity contribution in [2.75, 3.05) is 6.61 Å². The summed E-state index contributed by atoms with van der Waals surface area (Å²) in [5.74, 6) is 2.35. The third kappa shape index (κ3) is 6.49. The van der Waals surface area contributed by atoms with E-state index in [-0.39, 0.29) is 0 Å².